The molecular formula is C26H44ClO6PS. The number of carbonyl (C=O) groups excluding carboxylic acids is 1. The summed E-state index contributed by atoms with van der Waals surface area (Å²) in [5.41, 5.74) is 0.0424. The highest BCUT2D eigenvalue weighted by Crippen LogP contribution is 2.46. The molecule has 3 unspecified atom stereocenters. The fraction of sp³-hybridized carbons (Fsp3) is 0.731. The van der Waals surface area contributed by atoms with Gasteiger partial charge in [-0.2, -0.15) is 16.6 Å². The molecule has 3 atom stereocenters. The van der Waals surface area contributed by atoms with E-state index in [1.54, 1.807) is 6.92 Å². The largest absolute Gasteiger partial charge is 0.452 e. The number of benzene rings is 1. The zero-order chi connectivity index (χ0) is 25.9. The first-order valence-corrected chi connectivity index (χ1v) is 16.1. The Hall–Kier alpha value is -0.560. The molecule has 35 heavy (non-hydrogen) atoms. The molecule has 1 rings (SSSR count). The normalized spacial score (nSPS) is 14.9. The summed E-state index contributed by atoms with van der Waals surface area (Å²) >= 11 is 8.08. The molecule has 1 N–H and O–H groups in total. The maximum Gasteiger partial charge on any atom is 0.452 e. The molecule has 1 aromatic carbocycles. The van der Waals surface area contributed by atoms with Crippen LogP contribution in [0.1, 0.15) is 103 Å². The van der Waals surface area contributed by atoms with Gasteiger partial charge in [0.05, 0.1) is 12.7 Å². The van der Waals surface area contributed by atoms with Crippen molar-refractivity contribution in [2.75, 3.05) is 18.1 Å². The minimum Gasteiger partial charge on any atom is -0.316 e. The predicted molar refractivity (Wildman–Crippen MR) is 146 cm³/mol. The van der Waals surface area contributed by atoms with E-state index in [9.17, 15) is 14.3 Å². The molecule has 0 radical (unpaired) electrons. The first-order chi connectivity index (χ1) is 16.8. The monoisotopic (exact) mass is 550 g/mol. The Morgan fingerprint density at radius 1 is 0.971 bits per heavy atom. The van der Waals surface area contributed by atoms with Crippen LogP contribution in [0.2, 0.25) is 5.02 Å². The number of carbonyl (C=O) groups is 1. The lowest BCUT2D eigenvalue weighted by atomic mass is 9.92. The molecule has 0 spiro atoms. The van der Waals surface area contributed by atoms with E-state index in [2.05, 4.69) is 40.6 Å². The fourth-order valence-electron chi connectivity index (χ4n) is 3.79. The van der Waals surface area contributed by atoms with Crippen molar-refractivity contribution in [3.8, 4) is 0 Å². The van der Waals surface area contributed by atoms with Crippen LogP contribution in [-0.2, 0) is 18.9 Å². The lowest BCUT2D eigenvalue weighted by molar-refractivity contribution is -0.231. The minimum atomic E-state index is -4.48. The Kier molecular flexibility index (Phi) is 18.1. The van der Waals surface area contributed by atoms with Crippen LogP contribution in [0.5, 0.6) is 0 Å². The summed E-state index contributed by atoms with van der Waals surface area (Å²) in [5, 5.41) is 0.799. The fourth-order valence-corrected chi connectivity index (χ4v) is 5.81. The predicted octanol–water partition coefficient (Wildman–Crippen LogP) is 9.15. The highest BCUT2D eigenvalue weighted by molar-refractivity contribution is 7.99. The minimum absolute atomic E-state index is 0.170. The number of hydrogen-bond donors (Lipinski definition) is 1. The van der Waals surface area contributed by atoms with E-state index in [1.807, 2.05) is 19.1 Å². The first kappa shape index (κ1) is 32.5. The molecule has 0 aliphatic heterocycles. The summed E-state index contributed by atoms with van der Waals surface area (Å²) in [5.74, 6) is 3.02. The molecule has 0 bridgehead atoms. The van der Waals surface area contributed by atoms with Crippen LogP contribution in [0.4, 0.5) is 4.79 Å². The van der Waals surface area contributed by atoms with Crippen molar-refractivity contribution in [3.05, 3.63) is 34.9 Å². The van der Waals surface area contributed by atoms with Gasteiger partial charge < -0.3 is 4.89 Å². The molecule has 9 heteroatoms. The second kappa shape index (κ2) is 19.5. The Labute approximate surface area is 221 Å². The summed E-state index contributed by atoms with van der Waals surface area (Å²) in [6.07, 6.45) is 11.1. The molecule has 202 valence electrons. The van der Waals surface area contributed by atoms with Gasteiger partial charge in [-0.25, -0.2) is 9.36 Å². The summed E-state index contributed by atoms with van der Waals surface area (Å²) in [4.78, 5) is 30.1. The van der Waals surface area contributed by atoms with Crippen LogP contribution >= 0.6 is 31.0 Å². The van der Waals surface area contributed by atoms with Gasteiger partial charge >= 0.3 is 13.3 Å². The van der Waals surface area contributed by atoms with Crippen molar-refractivity contribution in [2.24, 2.45) is 0 Å². The Morgan fingerprint density at radius 2 is 1.63 bits per heavy atom. The molecule has 0 aliphatic carbocycles. The van der Waals surface area contributed by atoms with Crippen molar-refractivity contribution in [1.29, 1.82) is 0 Å². The molecule has 0 fully saturated rings. The maximum absolute atomic E-state index is 11.9. The number of halogens is 1. The van der Waals surface area contributed by atoms with Gasteiger partial charge in [0.15, 0.2) is 0 Å². The molecule has 0 aromatic heterocycles. The number of rotatable bonds is 21. The molecule has 0 heterocycles. The Balaban J connectivity index is 2.05. The molecule has 0 saturated heterocycles. The zero-order valence-corrected chi connectivity index (χ0v) is 24.1. The highest BCUT2D eigenvalue weighted by atomic mass is 35.5. The third-order valence-electron chi connectivity index (χ3n) is 5.71. The van der Waals surface area contributed by atoms with Crippen molar-refractivity contribution in [1.82, 2.24) is 0 Å². The molecule has 0 amide bonds. The van der Waals surface area contributed by atoms with E-state index in [-0.39, 0.29) is 6.61 Å². The zero-order valence-electron chi connectivity index (χ0n) is 21.6. The van der Waals surface area contributed by atoms with Gasteiger partial charge in [-0.15, -0.1) is 0 Å². The number of thioether (sulfide) groups is 1. The van der Waals surface area contributed by atoms with Crippen LogP contribution in [0.15, 0.2) is 24.3 Å². The van der Waals surface area contributed by atoms with Crippen molar-refractivity contribution < 1.29 is 28.6 Å². The standard InChI is InChI=1S/C26H44ClO6PS/c1-4-12-23(24-14-16-25(27)17-15-24)18-21-35-20-11-9-7-6-8-10-13-22(3)33-34(29,30)26(28)32-31-19-5-2/h14-17,22-23H,4-13,18-21H2,1-3H3,(H,29,30). The van der Waals surface area contributed by atoms with Gasteiger partial charge in [-0.1, -0.05) is 76.1 Å². The lowest BCUT2D eigenvalue weighted by Gasteiger charge is -2.16. The SMILES string of the molecule is CCCOOC(=O)P(=O)(O)OC(C)CCCCCCCCSCCC(CCC)c1ccc(Cl)cc1. The summed E-state index contributed by atoms with van der Waals surface area (Å²) in [6.45, 7) is 5.94. The molecule has 6 nitrogen and oxygen atoms in total. The van der Waals surface area contributed by atoms with E-state index in [1.165, 1.54) is 55.6 Å². The van der Waals surface area contributed by atoms with Gasteiger partial charge in [0.25, 0.3) is 0 Å². The average molecular weight is 551 g/mol. The van der Waals surface area contributed by atoms with E-state index in [0.717, 1.165) is 24.3 Å². The Bertz CT molecular complexity index is 733. The second-order valence-corrected chi connectivity index (χ2v) is 12.2. The van der Waals surface area contributed by atoms with Crippen molar-refractivity contribution >= 4 is 36.7 Å². The summed E-state index contributed by atoms with van der Waals surface area (Å²) < 4.78 is 17.0. The van der Waals surface area contributed by atoms with E-state index >= 15 is 0 Å². The third kappa shape index (κ3) is 15.3. The molecule has 0 aliphatic rings. The molecule has 0 saturated carbocycles. The van der Waals surface area contributed by atoms with Crippen LogP contribution in [-0.4, -0.2) is 34.8 Å². The quantitative estimate of drug-likeness (QED) is 0.0706. The van der Waals surface area contributed by atoms with Gasteiger partial charge in [0.2, 0.25) is 0 Å². The van der Waals surface area contributed by atoms with E-state index in [0.29, 0.717) is 18.8 Å². The second-order valence-electron chi connectivity index (χ2n) is 8.96. The number of unbranched alkanes of at least 4 members (excludes halogenated alkanes) is 5. The van der Waals surface area contributed by atoms with Crippen molar-refractivity contribution in [3.63, 3.8) is 0 Å². The summed E-state index contributed by atoms with van der Waals surface area (Å²) in [7, 11) is -4.48. The van der Waals surface area contributed by atoms with Crippen molar-refractivity contribution in [2.45, 2.75) is 103 Å². The van der Waals surface area contributed by atoms with Gasteiger partial charge in [-0.05, 0) is 74.1 Å². The van der Waals surface area contributed by atoms with Crippen LogP contribution in [0.3, 0.4) is 0 Å². The van der Waals surface area contributed by atoms with E-state index < -0.39 is 19.4 Å². The topological polar surface area (TPSA) is 82.1 Å². The highest BCUT2D eigenvalue weighted by Gasteiger charge is 2.36. The average Bonchev–Trinajstić information content (AvgIpc) is 2.82. The third-order valence-corrected chi connectivity index (χ3v) is 8.25. The lowest BCUT2D eigenvalue weighted by Crippen LogP contribution is -2.13. The Morgan fingerprint density at radius 3 is 2.29 bits per heavy atom. The number of hydrogen-bond acceptors (Lipinski definition) is 6. The first-order valence-electron chi connectivity index (χ1n) is 13.0. The molecule has 1 aromatic rings. The maximum atomic E-state index is 11.9. The van der Waals surface area contributed by atoms with Crippen LogP contribution in [0.25, 0.3) is 0 Å². The van der Waals surface area contributed by atoms with Gasteiger partial charge in [0.1, 0.15) is 0 Å². The van der Waals surface area contributed by atoms with Gasteiger partial charge in [0, 0.05) is 5.02 Å². The molecular weight excluding hydrogens is 507 g/mol. The van der Waals surface area contributed by atoms with E-state index in [4.69, 9.17) is 16.1 Å². The van der Waals surface area contributed by atoms with Crippen LogP contribution in [0, 0.1) is 0 Å². The van der Waals surface area contributed by atoms with Gasteiger partial charge in [-0.3, -0.25) is 9.41 Å². The summed E-state index contributed by atoms with van der Waals surface area (Å²) in [6, 6.07) is 8.32. The van der Waals surface area contributed by atoms with Crippen LogP contribution < -0.4 is 0 Å². The smallest absolute Gasteiger partial charge is 0.316 e.